The van der Waals surface area contributed by atoms with E-state index in [4.69, 9.17) is 11.2 Å². The summed E-state index contributed by atoms with van der Waals surface area (Å²) in [7, 11) is 0. The van der Waals surface area contributed by atoms with E-state index in [1.807, 2.05) is 30.3 Å². The lowest BCUT2D eigenvalue weighted by atomic mass is 10.2. The highest BCUT2D eigenvalue weighted by atomic mass is 16.5. The first-order valence-electron chi connectivity index (χ1n) is 7.81. The van der Waals surface area contributed by atoms with Crippen LogP contribution in [0.2, 0.25) is 0 Å². The van der Waals surface area contributed by atoms with E-state index in [1.165, 1.54) is 12.4 Å². The molecule has 3 aromatic rings. The molecule has 6 heteroatoms. The Morgan fingerprint density at radius 3 is 2.92 bits per heavy atom. The molecule has 0 aliphatic carbocycles. The summed E-state index contributed by atoms with van der Waals surface area (Å²) in [6.45, 7) is 3.65. The Morgan fingerprint density at radius 2 is 2.12 bits per heavy atom. The van der Waals surface area contributed by atoms with Crippen molar-refractivity contribution in [2.45, 2.75) is 0 Å². The van der Waals surface area contributed by atoms with Gasteiger partial charge in [-0.25, -0.2) is 9.97 Å². The number of amides is 1. The van der Waals surface area contributed by atoms with Crippen LogP contribution >= 0.6 is 0 Å². The minimum Gasteiger partial charge on any atom is -0.481 e. The van der Waals surface area contributed by atoms with Gasteiger partial charge in [0.15, 0.2) is 0 Å². The average Bonchev–Trinajstić information content (AvgIpc) is 2.67. The zero-order valence-corrected chi connectivity index (χ0v) is 13.9. The van der Waals surface area contributed by atoms with E-state index in [0.717, 1.165) is 16.6 Å². The highest BCUT2D eigenvalue weighted by Crippen LogP contribution is 2.27. The molecule has 0 radical (unpaired) electrons. The number of carbonyl (C=O) groups excluding carboxylic acids is 1. The number of ether oxygens (including phenoxy) is 1. The lowest BCUT2D eigenvalue weighted by Gasteiger charge is -2.11. The molecule has 26 heavy (non-hydrogen) atoms. The van der Waals surface area contributed by atoms with E-state index < -0.39 is 0 Å². The number of fused-ring (bicyclic) bond motifs is 1. The average molecular weight is 344 g/mol. The first kappa shape index (κ1) is 17.0. The van der Waals surface area contributed by atoms with Gasteiger partial charge in [0.25, 0.3) is 0 Å². The van der Waals surface area contributed by atoms with Crippen LogP contribution in [0.1, 0.15) is 0 Å². The maximum atomic E-state index is 11.5. The number of rotatable bonds is 6. The number of nitrogens with zero attached hydrogens (tertiary/aromatic N) is 2. The van der Waals surface area contributed by atoms with Crippen LogP contribution in [0, 0.1) is 12.3 Å². The van der Waals surface area contributed by atoms with Crippen LogP contribution < -0.4 is 15.4 Å². The van der Waals surface area contributed by atoms with Gasteiger partial charge in [-0.05, 0) is 36.4 Å². The van der Waals surface area contributed by atoms with Crippen molar-refractivity contribution in [3.8, 4) is 18.1 Å². The molecule has 0 unspecified atom stereocenters. The van der Waals surface area contributed by atoms with Crippen LogP contribution in [0.4, 0.5) is 17.2 Å². The quantitative estimate of drug-likeness (QED) is 0.529. The minimum atomic E-state index is -0.283. The molecule has 0 bridgehead atoms. The molecule has 0 atom stereocenters. The third-order valence-corrected chi connectivity index (χ3v) is 3.51. The van der Waals surface area contributed by atoms with Gasteiger partial charge < -0.3 is 15.4 Å². The molecular formula is C20H16N4O2. The Balaban J connectivity index is 1.92. The van der Waals surface area contributed by atoms with Crippen LogP contribution in [0.5, 0.6) is 5.75 Å². The second-order valence-electron chi connectivity index (χ2n) is 5.29. The fraction of sp³-hybridized carbons (Fsp3) is 0.0500. The summed E-state index contributed by atoms with van der Waals surface area (Å²) in [6, 6.07) is 12.8. The van der Waals surface area contributed by atoms with E-state index in [-0.39, 0.29) is 12.5 Å². The molecule has 128 valence electrons. The smallest absolute Gasteiger partial charge is 0.247 e. The van der Waals surface area contributed by atoms with Crippen molar-refractivity contribution in [3.63, 3.8) is 0 Å². The van der Waals surface area contributed by atoms with E-state index in [9.17, 15) is 4.79 Å². The SMILES string of the molecule is C#CCOc1cccc(Nc2ncnc3ccc(NC(=O)C=C)cc23)c1. The first-order valence-corrected chi connectivity index (χ1v) is 7.81. The number of anilines is 3. The Labute approximate surface area is 150 Å². The van der Waals surface area contributed by atoms with Gasteiger partial charge >= 0.3 is 0 Å². The van der Waals surface area contributed by atoms with Crippen molar-refractivity contribution < 1.29 is 9.53 Å². The van der Waals surface area contributed by atoms with Crippen LogP contribution in [0.25, 0.3) is 10.9 Å². The van der Waals surface area contributed by atoms with Crippen molar-refractivity contribution in [1.29, 1.82) is 0 Å². The predicted molar refractivity (Wildman–Crippen MR) is 102 cm³/mol. The maximum absolute atomic E-state index is 11.5. The summed E-state index contributed by atoms with van der Waals surface area (Å²) in [4.78, 5) is 20.1. The van der Waals surface area contributed by atoms with E-state index in [0.29, 0.717) is 17.3 Å². The molecule has 1 aromatic heterocycles. The highest BCUT2D eigenvalue weighted by Gasteiger charge is 2.07. The van der Waals surface area contributed by atoms with Gasteiger partial charge in [-0.2, -0.15) is 0 Å². The molecule has 3 rings (SSSR count). The van der Waals surface area contributed by atoms with E-state index in [2.05, 4.69) is 33.1 Å². The Kier molecular flexibility index (Phi) is 5.11. The van der Waals surface area contributed by atoms with Crippen LogP contribution in [0.15, 0.2) is 61.4 Å². The minimum absolute atomic E-state index is 0.201. The summed E-state index contributed by atoms with van der Waals surface area (Å²) in [6.07, 6.45) is 7.91. The number of aromatic nitrogens is 2. The third kappa shape index (κ3) is 3.97. The van der Waals surface area contributed by atoms with Gasteiger partial charge in [-0.3, -0.25) is 4.79 Å². The number of nitrogens with one attached hydrogen (secondary N) is 2. The molecule has 2 N–H and O–H groups in total. The molecule has 0 fully saturated rings. The van der Waals surface area contributed by atoms with Crippen LogP contribution in [-0.4, -0.2) is 22.5 Å². The highest BCUT2D eigenvalue weighted by molar-refractivity contribution is 6.01. The number of hydrogen-bond acceptors (Lipinski definition) is 5. The number of benzene rings is 2. The molecule has 1 amide bonds. The Morgan fingerprint density at radius 1 is 1.23 bits per heavy atom. The largest absolute Gasteiger partial charge is 0.481 e. The zero-order valence-electron chi connectivity index (χ0n) is 13.9. The molecule has 0 saturated heterocycles. The van der Waals surface area contributed by atoms with Crippen molar-refractivity contribution in [3.05, 3.63) is 61.4 Å². The molecule has 2 aromatic carbocycles. The van der Waals surface area contributed by atoms with Gasteiger partial charge in [0.1, 0.15) is 24.5 Å². The topological polar surface area (TPSA) is 76.1 Å². The zero-order chi connectivity index (χ0) is 18.4. The molecule has 6 nitrogen and oxygen atoms in total. The van der Waals surface area contributed by atoms with Gasteiger partial charge in [0.05, 0.1) is 5.52 Å². The molecular weight excluding hydrogens is 328 g/mol. The summed E-state index contributed by atoms with van der Waals surface area (Å²) in [5.41, 5.74) is 2.17. The van der Waals surface area contributed by atoms with Crippen molar-refractivity contribution in [2.75, 3.05) is 17.2 Å². The lowest BCUT2D eigenvalue weighted by molar-refractivity contribution is -0.111. The Hall–Kier alpha value is -3.85. The molecule has 0 aliphatic heterocycles. The fourth-order valence-electron chi connectivity index (χ4n) is 2.35. The maximum Gasteiger partial charge on any atom is 0.247 e. The third-order valence-electron chi connectivity index (χ3n) is 3.51. The molecule has 0 saturated carbocycles. The van der Waals surface area contributed by atoms with Gasteiger partial charge in [-0.1, -0.05) is 18.6 Å². The van der Waals surface area contributed by atoms with Crippen LogP contribution in [0.3, 0.4) is 0 Å². The molecule has 0 aliphatic rings. The summed E-state index contributed by atoms with van der Waals surface area (Å²) in [5, 5.41) is 6.74. The van der Waals surface area contributed by atoms with Gasteiger partial charge in [0, 0.05) is 22.8 Å². The van der Waals surface area contributed by atoms with Crippen molar-refractivity contribution in [1.82, 2.24) is 9.97 Å². The van der Waals surface area contributed by atoms with Gasteiger partial charge in [0.2, 0.25) is 5.91 Å². The summed E-state index contributed by atoms with van der Waals surface area (Å²) >= 11 is 0. The van der Waals surface area contributed by atoms with Gasteiger partial charge in [-0.15, -0.1) is 6.42 Å². The monoisotopic (exact) mass is 344 g/mol. The fourth-order valence-corrected chi connectivity index (χ4v) is 2.35. The summed E-state index contributed by atoms with van der Waals surface area (Å²) < 4.78 is 5.43. The van der Waals surface area contributed by atoms with Crippen molar-refractivity contribution in [2.24, 2.45) is 0 Å². The second-order valence-corrected chi connectivity index (χ2v) is 5.29. The summed E-state index contributed by atoms with van der Waals surface area (Å²) in [5.74, 6) is 3.42. The number of terminal acetylenes is 1. The van der Waals surface area contributed by atoms with Crippen LogP contribution in [-0.2, 0) is 4.79 Å². The van der Waals surface area contributed by atoms with E-state index >= 15 is 0 Å². The molecule has 0 spiro atoms. The normalized spacial score (nSPS) is 9.96. The standard InChI is InChI=1S/C20H16N4O2/c1-3-10-26-16-7-5-6-14(11-16)24-20-17-12-15(23-19(25)4-2)8-9-18(17)21-13-22-20/h1,4-9,11-13H,2,10H2,(H,23,25)(H,21,22,24). The number of carbonyl (C=O) groups is 1. The Bertz CT molecular complexity index is 1010. The van der Waals surface area contributed by atoms with E-state index in [1.54, 1.807) is 12.1 Å². The lowest BCUT2D eigenvalue weighted by Crippen LogP contribution is -2.07. The second kappa shape index (κ2) is 7.81. The first-order chi connectivity index (χ1) is 12.7. The molecule has 1 heterocycles. The predicted octanol–water partition coefficient (Wildman–Crippen LogP) is 3.51. The van der Waals surface area contributed by atoms with Crippen molar-refractivity contribution >= 4 is 34.0 Å². The number of hydrogen-bond donors (Lipinski definition) is 2.